The molecule has 4 aliphatic carbocycles. The number of carbonyl (C=O) groups excluding carboxylic acids is 2. The molecule has 7 rings (SSSR count). The number of aliphatic hydroxyl groups excluding tert-OH is 2. The Labute approximate surface area is 218 Å². The summed E-state index contributed by atoms with van der Waals surface area (Å²) in [6, 6.07) is 18.5. The number of aliphatic hydroxyl groups is 2. The number of carbonyl (C=O) groups is 2. The van der Waals surface area contributed by atoms with Crippen molar-refractivity contribution >= 4 is 22.3 Å². The van der Waals surface area contributed by atoms with Gasteiger partial charge in [0.05, 0.1) is 6.61 Å². The first kappa shape index (κ1) is 24.5. The summed E-state index contributed by atoms with van der Waals surface area (Å²) in [6.07, 6.45) is 6.81. The molecule has 0 aliphatic heterocycles. The van der Waals surface area contributed by atoms with E-state index in [1.165, 1.54) is 57.9 Å². The molecule has 4 saturated carbocycles. The van der Waals surface area contributed by atoms with Gasteiger partial charge in [0.2, 0.25) is 0 Å². The summed E-state index contributed by atoms with van der Waals surface area (Å²) in [4.78, 5) is 24.1. The van der Waals surface area contributed by atoms with Crippen LogP contribution in [0, 0.1) is 17.8 Å². The minimum atomic E-state index is -0.859. The van der Waals surface area contributed by atoms with Crippen LogP contribution < -0.4 is 0 Å². The van der Waals surface area contributed by atoms with Crippen LogP contribution in [0.5, 0.6) is 0 Å². The van der Waals surface area contributed by atoms with E-state index in [1.807, 2.05) is 24.3 Å². The molecule has 3 aromatic carbocycles. The predicted octanol–water partition coefficient (Wildman–Crippen LogP) is 6.26. The monoisotopic (exact) mass is 496 g/mol. The molecule has 4 bridgehead atoms. The number of hydrogen-bond acceptors (Lipinski definition) is 4. The van der Waals surface area contributed by atoms with Crippen molar-refractivity contribution in [1.82, 2.24) is 0 Å². The molecule has 2 N–H and O–H groups in total. The van der Waals surface area contributed by atoms with Crippen LogP contribution in [-0.4, -0.2) is 28.4 Å². The van der Waals surface area contributed by atoms with E-state index in [1.54, 1.807) is 0 Å². The summed E-state index contributed by atoms with van der Waals surface area (Å²) in [6.45, 7) is 2.68. The molecule has 3 aromatic rings. The Bertz CT molecular complexity index is 1340. The molecule has 4 aliphatic rings. The summed E-state index contributed by atoms with van der Waals surface area (Å²) in [5.41, 5.74) is 5.20. The van der Waals surface area contributed by atoms with Crippen LogP contribution in [0.15, 0.2) is 54.6 Å². The first-order valence-corrected chi connectivity index (χ1v) is 13.7. The van der Waals surface area contributed by atoms with Gasteiger partial charge in [-0.1, -0.05) is 42.5 Å². The standard InChI is InChI=1S/C33H36O4/c1-19(35)32(20(2)36)28-6-5-24-12-25(3-4-26(24)13-28)27-7-8-29(31(37)18-34)30(14-27)33-15-21-9-22(16-33)11-23(10-21)17-33/h3-8,12-14,21-23,31-32,34,37H,9-11,15-18H2,1-2H3. The van der Waals surface area contributed by atoms with Crippen LogP contribution >= 0.6 is 0 Å². The van der Waals surface area contributed by atoms with E-state index in [4.69, 9.17) is 0 Å². The second-order valence-electron chi connectivity index (χ2n) is 12.2. The highest BCUT2D eigenvalue weighted by atomic mass is 16.3. The molecule has 0 aromatic heterocycles. The highest BCUT2D eigenvalue weighted by Crippen LogP contribution is 2.61. The Morgan fingerprint density at radius 1 is 0.811 bits per heavy atom. The van der Waals surface area contributed by atoms with Gasteiger partial charge in [-0.15, -0.1) is 0 Å². The van der Waals surface area contributed by atoms with Crippen LogP contribution in [0.2, 0.25) is 0 Å². The molecule has 0 heterocycles. The summed E-state index contributed by atoms with van der Waals surface area (Å²) in [7, 11) is 0. The molecule has 4 nitrogen and oxygen atoms in total. The molecule has 1 unspecified atom stereocenters. The molecule has 0 spiro atoms. The largest absolute Gasteiger partial charge is 0.393 e. The lowest BCUT2D eigenvalue weighted by Crippen LogP contribution is -2.49. The van der Waals surface area contributed by atoms with Gasteiger partial charge in [-0.3, -0.25) is 9.59 Å². The Morgan fingerprint density at radius 2 is 1.35 bits per heavy atom. The number of rotatable bonds is 7. The fourth-order valence-corrected chi connectivity index (χ4v) is 8.40. The van der Waals surface area contributed by atoms with E-state index in [0.717, 1.165) is 50.8 Å². The fourth-order valence-electron chi connectivity index (χ4n) is 8.40. The van der Waals surface area contributed by atoms with Gasteiger partial charge in [-0.25, -0.2) is 0 Å². The zero-order chi connectivity index (χ0) is 25.9. The maximum absolute atomic E-state index is 12.1. The number of ketones is 2. The SMILES string of the molecule is CC(=O)C(C(C)=O)c1ccc2cc(-c3ccc(C(O)CO)c(C45CC6CC(CC(C6)C4)C5)c3)ccc2c1. The van der Waals surface area contributed by atoms with E-state index in [-0.39, 0.29) is 23.6 Å². The summed E-state index contributed by atoms with van der Waals surface area (Å²) >= 11 is 0. The van der Waals surface area contributed by atoms with Crippen LogP contribution in [0.1, 0.15) is 81.1 Å². The summed E-state index contributed by atoms with van der Waals surface area (Å²) < 4.78 is 0. The van der Waals surface area contributed by atoms with Gasteiger partial charge >= 0.3 is 0 Å². The van der Waals surface area contributed by atoms with Crippen LogP contribution in [0.3, 0.4) is 0 Å². The summed E-state index contributed by atoms with van der Waals surface area (Å²) in [5, 5.41) is 22.7. The van der Waals surface area contributed by atoms with Crippen LogP contribution in [0.25, 0.3) is 21.9 Å². The second kappa shape index (κ2) is 9.18. The molecule has 4 fully saturated rings. The van der Waals surface area contributed by atoms with Crippen molar-refractivity contribution in [3.8, 4) is 11.1 Å². The van der Waals surface area contributed by atoms with Gasteiger partial charge < -0.3 is 10.2 Å². The van der Waals surface area contributed by atoms with Crippen molar-refractivity contribution in [2.75, 3.05) is 6.61 Å². The van der Waals surface area contributed by atoms with Crippen molar-refractivity contribution in [3.05, 3.63) is 71.3 Å². The van der Waals surface area contributed by atoms with Gasteiger partial charge in [0.1, 0.15) is 23.6 Å². The Hall–Kier alpha value is -2.82. The quantitative estimate of drug-likeness (QED) is 0.379. The van der Waals surface area contributed by atoms with E-state index in [9.17, 15) is 19.8 Å². The average molecular weight is 497 g/mol. The molecule has 37 heavy (non-hydrogen) atoms. The van der Waals surface area contributed by atoms with Crippen LogP contribution in [0.4, 0.5) is 0 Å². The van der Waals surface area contributed by atoms with Gasteiger partial charge in [0.15, 0.2) is 0 Å². The molecule has 1 atom stereocenters. The van der Waals surface area contributed by atoms with E-state index in [2.05, 4.69) is 30.3 Å². The lowest BCUT2D eigenvalue weighted by molar-refractivity contribution is -0.126. The van der Waals surface area contributed by atoms with Crippen molar-refractivity contribution in [2.45, 2.75) is 69.8 Å². The minimum absolute atomic E-state index is 0.108. The number of benzene rings is 3. The van der Waals surface area contributed by atoms with Crippen LogP contribution in [-0.2, 0) is 15.0 Å². The van der Waals surface area contributed by atoms with E-state index >= 15 is 0 Å². The van der Waals surface area contributed by atoms with Gasteiger partial charge in [-0.05, 0) is 126 Å². The second-order valence-corrected chi connectivity index (χ2v) is 12.2. The fraction of sp³-hybridized carbons (Fsp3) is 0.455. The van der Waals surface area contributed by atoms with E-state index < -0.39 is 12.0 Å². The predicted molar refractivity (Wildman–Crippen MR) is 145 cm³/mol. The Balaban J connectivity index is 1.41. The first-order chi connectivity index (χ1) is 17.8. The van der Waals surface area contributed by atoms with Gasteiger partial charge in [-0.2, -0.15) is 0 Å². The van der Waals surface area contributed by atoms with Crippen molar-refractivity contribution in [2.24, 2.45) is 17.8 Å². The Kier molecular flexibility index (Phi) is 6.08. The Morgan fingerprint density at radius 3 is 1.95 bits per heavy atom. The lowest BCUT2D eigenvalue weighted by atomic mass is 9.47. The summed E-state index contributed by atoms with van der Waals surface area (Å²) in [5.74, 6) is 1.39. The lowest BCUT2D eigenvalue weighted by Gasteiger charge is -2.57. The normalized spacial score (nSPS) is 27.1. The smallest absolute Gasteiger partial charge is 0.144 e. The molecule has 4 heteroatoms. The molecular weight excluding hydrogens is 460 g/mol. The first-order valence-electron chi connectivity index (χ1n) is 13.7. The number of fused-ring (bicyclic) bond motifs is 1. The zero-order valence-corrected chi connectivity index (χ0v) is 21.7. The number of hydrogen-bond donors (Lipinski definition) is 2. The topological polar surface area (TPSA) is 74.6 Å². The van der Waals surface area contributed by atoms with Gasteiger partial charge in [0.25, 0.3) is 0 Å². The molecule has 0 saturated heterocycles. The number of Topliss-reactive ketones (excluding diaryl/α,β-unsaturated/α-hetero) is 2. The molecule has 192 valence electrons. The molecule has 0 amide bonds. The van der Waals surface area contributed by atoms with Crippen molar-refractivity contribution in [3.63, 3.8) is 0 Å². The average Bonchev–Trinajstić information content (AvgIpc) is 2.86. The highest BCUT2D eigenvalue weighted by molar-refractivity contribution is 6.06. The van der Waals surface area contributed by atoms with Gasteiger partial charge in [0, 0.05) is 0 Å². The zero-order valence-electron chi connectivity index (χ0n) is 21.7. The third-order valence-corrected chi connectivity index (χ3v) is 9.54. The highest BCUT2D eigenvalue weighted by Gasteiger charge is 2.52. The third-order valence-electron chi connectivity index (χ3n) is 9.54. The molecular formula is C33H36O4. The third kappa shape index (κ3) is 4.24. The minimum Gasteiger partial charge on any atom is -0.393 e. The van der Waals surface area contributed by atoms with Crippen molar-refractivity contribution in [1.29, 1.82) is 0 Å². The maximum Gasteiger partial charge on any atom is 0.144 e. The maximum atomic E-state index is 12.1. The van der Waals surface area contributed by atoms with Crippen molar-refractivity contribution < 1.29 is 19.8 Å². The van der Waals surface area contributed by atoms with E-state index in [0.29, 0.717) is 0 Å². The molecule has 0 radical (unpaired) electrons.